The first kappa shape index (κ1) is 17.1. The fraction of sp³-hybridized carbons (Fsp3) is 0.125. The molecule has 0 spiro atoms. The predicted octanol–water partition coefficient (Wildman–Crippen LogP) is 3.54. The molecule has 0 radical (unpaired) electrons. The lowest BCUT2D eigenvalue weighted by Crippen LogP contribution is -2.24. The molecule has 0 bridgehead atoms. The highest BCUT2D eigenvalue weighted by Gasteiger charge is 2.06. The maximum Gasteiger partial charge on any atom is 0.277 e. The minimum Gasteiger partial charge on any atom is -0.507 e. The molecule has 2 aromatic carbocycles. The van der Waals surface area contributed by atoms with Crippen molar-refractivity contribution in [1.82, 2.24) is 5.43 Å². The number of aromatic hydroxyl groups is 1. The molecule has 0 saturated carbocycles. The van der Waals surface area contributed by atoms with E-state index in [0.29, 0.717) is 21.4 Å². The quantitative estimate of drug-likeness (QED) is 0.638. The number of rotatable bonds is 5. The molecule has 0 unspecified atom stereocenters. The van der Waals surface area contributed by atoms with Crippen molar-refractivity contribution < 1.29 is 14.6 Å². The highest BCUT2D eigenvalue weighted by Crippen LogP contribution is 2.27. The van der Waals surface area contributed by atoms with Gasteiger partial charge in [-0.2, -0.15) is 5.10 Å². The number of hydrogen-bond acceptors (Lipinski definition) is 4. The van der Waals surface area contributed by atoms with Crippen LogP contribution >= 0.6 is 23.2 Å². The summed E-state index contributed by atoms with van der Waals surface area (Å²) in [6.07, 6.45) is 1.35. The molecule has 23 heavy (non-hydrogen) atoms. The van der Waals surface area contributed by atoms with Gasteiger partial charge in [-0.3, -0.25) is 4.79 Å². The van der Waals surface area contributed by atoms with Gasteiger partial charge in [-0.25, -0.2) is 5.43 Å². The van der Waals surface area contributed by atoms with Crippen molar-refractivity contribution in [3.8, 4) is 11.5 Å². The summed E-state index contributed by atoms with van der Waals surface area (Å²) in [7, 11) is 0. The molecule has 7 heteroatoms. The Morgan fingerprint density at radius 3 is 2.78 bits per heavy atom. The van der Waals surface area contributed by atoms with E-state index in [1.165, 1.54) is 12.3 Å². The average Bonchev–Trinajstić information content (AvgIpc) is 2.48. The van der Waals surface area contributed by atoms with Crippen molar-refractivity contribution in [2.24, 2.45) is 5.10 Å². The predicted molar refractivity (Wildman–Crippen MR) is 90.5 cm³/mol. The summed E-state index contributed by atoms with van der Waals surface area (Å²) >= 11 is 11.7. The van der Waals surface area contributed by atoms with Gasteiger partial charge < -0.3 is 9.84 Å². The van der Waals surface area contributed by atoms with Crippen molar-refractivity contribution >= 4 is 35.3 Å². The second-order valence-corrected chi connectivity index (χ2v) is 5.56. The summed E-state index contributed by atoms with van der Waals surface area (Å²) in [5, 5.41) is 14.3. The molecule has 0 aliphatic heterocycles. The Morgan fingerprint density at radius 1 is 1.30 bits per heavy atom. The van der Waals surface area contributed by atoms with Crippen LogP contribution in [0.15, 0.2) is 41.5 Å². The number of phenols is 1. The SMILES string of the molecule is Cc1ccc(/C=N/NC(=O)COc2ccc(Cl)cc2Cl)c(O)c1. The molecule has 0 aromatic heterocycles. The lowest BCUT2D eigenvalue weighted by Gasteiger charge is -2.07. The molecular formula is C16H14Cl2N2O3. The van der Waals surface area contributed by atoms with E-state index in [1.54, 1.807) is 24.3 Å². The van der Waals surface area contributed by atoms with Gasteiger partial charge in [0.1, 0.15) is 11.5 Å². The standard InChI is InChI=1S/C16H14Cl2N2O3/c1-10-2-3-11(14(21)6-10)8-19-20-16(22)9-23-15-5-4-12(17)7-13(15)18/h2-8,21H,9H2,1H3,(H,20,22)/b19-8+. The molecular weight excluding hydrogens is 339 g/mol. The van der Waals surface area contributed by atoms with E-state index in [0.717, 1.165) is 5.56 Å². The number of benzene rings is 2. The molecule has 2 rings (SSSR count). The van der Waals surface area contributed by atoms with Gasteiger partial charge in [-0.05, 0) is 42.8 Å². The smallest absolute Gasteiger partial charge is 0.277 e. The van der Waals surface area contributed by atoms with Crippen LogP contribution in [-0.4, -0.2) is 23.8 Å². The first-order valence-corrected chi connectivity index (χ1v) is 7.40. The number of aryl methyl sites for hydroxylation is 1. The van der Waals surface area contributed by atoms with Gasteiger partial charge >= 0.3 is 0 Å². The normalized spacial score (nSPS) is 10.7. The minimum atomic E-state index is -0.459. The fourth-order valence-electron chi connectivity index (χ4n) is 1.70. The van der Waals surface area contributed by atoms with E-state index in [-0.39, 0.29) is 12.4 Å². The molecule has 5 nitrogen and oxygen atoms in total. The number of carbonyl (C=O) groups is 1. The first-order chi connectivity index (χ1) is 11.0. The lowest BCUT2D eigenvalue weighted by molar-refractivity contribution is -0.123. The number of phenolic OH excluding ortho intramolecular Hbond substituents is 1. The van der Waals surface area contributed by atoms with Gasteiger partial charge in [-0.15, -0.1) is 0 Å². The number of hydrogen-bond donors (Lipinski definition) is 2. The lowest BCUT2D eigenvalue weighted by atomic mass is 10.1. The number of halogens is 2. The van der Waals surface area contributed by atoms with E-state index in [1.807, 2.05) is 13.0 Å². The fourth-order valence-corrected chi connectivity index (χ4v) is 2.17. The van der Waals surface area contributed by atoms with E-state index < -0.39 is 5.91 Å². The molecule has 1 amide bonds. The van der Waals surface area contributed by atoms with Crippen molar-refractivity contribution in [3.05, 3.63) is 57.6 Å². The van der Waals surface area contributed by atoms with E-state index in [4.69, 9.17) is 27.9 Å². The van der Waals surface area contributed by atoms with Gasteiger partial charge in [0, 0.05) is 10.6 Å². The number of carbonyl (C=O) groups excluding carboxylic acids is 1. The zero-order chi connectivity index (χ0) is 16.8. The summed E-state index contributed by atoms with van der Waals surface area (Å²) in [5.41, 5.74) is 3.72. The van der Waals surface area contributed by atoms with E-state index in [2.05, 4.69) is 10.5 Å². The van der Waals surface area contributed by atoms with Crippen LogP contribution in [-0.2, 0) is 4.79 Å². The van der Waals surface area contributed by atoms with Gasteiger partial charge in [0.2, 0.25) is 0 Å². The highest BCUT2D eigenvalue weighted by atomic mass is 35.5. The molecule has 2 N–H and O–H groups in total. The number of nitrogens with one attached hydrogen (secondary N) is 1. The summed E-state index contributed by atoms with van der Waals surface area (Å²) in [6.45, 7) is 1.61. The van der Waals surface area contributed by atoms with Gasteiger partial charge in [0.05, 0.1) is 11.2 Å². The topological polar surface area (TPSA) is 70.9 Å². The third kappa shape index (κ3) is 5.16. The molecule has 0 fully saturated rings. The molecule has 0 heterocycles. The van der Waals surface area contributed by atoms with Crippen LogP contribution in [0.5, 0.6) is 11.5 Å². The Kier molecular flexibility index (Phi) is 5.84. The van der Waals surface area contributed by atoms with Crippen LogP contribution in [0.1, 0.15) is 11.1 Å². The van der Waals surface area contributed by atoms with Crippen molar-refractivity contribution in [2.75, 3.05) is 6.61 Å². The molecule has 0 atom stereocenters. The zero-order valence-electron chi connectivity index (χ0n) is 12.2. The Hall–Kier alpha value is -2.24. The maximum atomic E-state index is 11.6. The average molecular weight is 353 g/mol. The van der Waals surface area contributed by atoms with E-state index >= 15 is 0 Å². The number of hydrazone groups is 1. The second-order valence-electron chi connectivity index (χ2n) is 4.72. The summed E-state index contributed by atoms with van der Waals surface area (Å²) in [6, 6.07) is 9.84. The molecule has 0 aliphatic carbocycles. The molecule has 120 valence electrons. The van der Waals surface area contributed by atoms with Gasteiger partial charge in [0.15, 0.2) is 6.61 Å². The summed E-state index contributed by atoms with van der Waals surface area (Å²) in [4.78, 5) is 11.6. The summed E-state index contributed by atoms with van der Waals surface area (Å²) in [5.74, 6) is -0.0163. The number of ether oxygens (including phenoxy) is 1. The Labute approximate surface area is 143 Å². The molecule has 0 saturated heterocycles. The Morgan fingerprint density at radius 2 is 2.09 bits per heavy atom. The molecule has 0 aliphatic rings. The van der Waals surface area contributed by atoms with Gasteiger partial charge in [0.25, 0.3) is 5.91 Å². The van der Waals surface area contributed by atoms with E-state index in [9.17, 15) is 9.90 Å². The van der Waals surface area contributed by atoms with Crippen LogP contribution in [0, 0.1) is 6.92 Å². The Bertz CT molecular complexity index is 748. The number of amides is 1. The third-order valence-corrected chi connectivity index (χ3v) is 3.36. The van der Waals surface area contributed by atoms with Crippen LogP contribution in [0.4, 0.5) is 0 Å². The third-order valence-electron chi connectivity index (χ3n) is 2.83. The minimum absolute atomic E-state index is 0.0900. The second kappa shape index (κ2) is 7.85. The van der Waals surface area contributed by atoms with Crippen molar-refractivity contribution in [1.29, 1.82) is 0 Å². The van der Waals surface area contributed by atoms with Crippen LogP contribution in [0.25, 0.3) is 0 Å². The van der Waals surface area contributed by atoms with Crippen molar-refractivity contribution in [2.45, 2.75) is 6.92 Å². The highest BCUT2D eigenvalue weighted by molar-refractivity contribution is 6.35. The van der Waals surface area contributed by atoms with Crippen molar-refractivity contribution in [3.63, 3.8) is 0 Å². The summed E-state index contributed by atoms with van der Waals surface area (Å²) < 4.78 is 5.27. The van der Waals surface area contributed by atoms with Crippen LogP contribution < -0.4 is 10.2 Å². The van der Waals surface area contributed by atoms with Gasteiger partial charge in [-0.1, -0.05) is 29.3 Å². The Balaban J connectivity index is 1.86. The maximum absolute atomic E-state index is 11.6. The van der Waals surface area contributed by atoms with Crippen LogP contribution in [0.2, 0.25) is 10.0 Å². The largest absolute Gasteiger partial charge is 0.507 e. The first-order valence-electron chi connectivity index (χ1n) is 6.65. The zero-order valence-corrected chi connectivity index (χ0v) is 13.7. The van der Waals surface area contributed by atoms with Crippen LogP contribution in [0.3, 0.4) is 0 Å². The molecule has 2 aromatic rings. The monoisotopic (exact) mass is 352 g/mol. The number of nitrogens with zero attached hydrogens (tertiary/aromatic N) is 1.